The molecule has 0 amide bonds. The number of rotatable bonds is 56. The highest BCUT2D eigenvalue weighted by Crippen LogP contribution is 2.30. The molecule has 0 N–H and O–H groups in total. The maximum Gasteiger partial charge on any atom is 0.507 e. The summed E-state index contributed by atoms with van der Waals surface area (Å²) in [5, 5.41) is 0. The lowest BCUT2D eigenvalue weighted by Crippen LogP contribution is -2.62. The zero-order chi connectivity index (χ0) is 63.7. The highest BCUT2D eigenvalue weighted by Gasteiger charge is 2.55. The summed E-state index contributed by atoms with van der Waals surface area (Å²) in [6, 6.07) is 3.84. The smallest absolute Gasteiger partial charge is 0.377 e. The van der Waals surface area contributed by atoms with Crippen molar-refractivity contribution in [1.82, 2.24) is 29.4 Å². The first-order valence-corrected chi connectivity index (χ1v) is 43.8. The summed E-state index contributed by atoms with van der Waals surface area (Å²) < 4.78 is 91.2. The lowest BCUT2D eigenvalue weighted by molar-refractivity contribution is 0.0479. The molecule has 0 unspecified atom stereocenters. The Bertz CT molecular complexity index is 1330. The summed E-state index contributed by atoms with van der Waals surface area (Å²) in [4.78, 5) is 14.3. The minimum atomic E-state index is -2.92. The van der Waals surface area contributed by atoms with E-state index in [9.17, 15) is 0 Å². The van der Waals surface area contributed by atoms with Crippen molar-refractivity contribution in [3.05, 3.63) is 0 Å². The van der Waals surface area contributed by atoms with Crippen molar-refractivity contribution in [2.75, 3.05) is 201 Å². The van der Waals surface area contributed by atoms with Gasteiger partial charge in [0.1, 0.15) is 0 Å². The Morgan fingerprint density at radius 1 is 0.217 bits per heavy atom. The summed E-state index contributed by atoms with van der Waals surface area (Å²) in [6.07, 6.45) is 5.48. The van der Waals surface area contributed by atoms with Gasteiger partial charge in [0, 0.05) is 114 Å². The molecule has 0 saturated carbocycles. The molecule has 0 rings (SSSR count). The predicted molar refractivity (Wildman–Crippen MR) is 354 cm³/mol. The Morgan fingerprint density at radius 3 is 0.554 bits per heavy atom. The van der Waals surface area contributed by atoms with Gasteiger partial charge in [0.25, 0.3) is 0 Å². The highest BCUT2D eigenvalue weighted by atomic mass is 28.5. The largest absolute Gasteiger partial charge is 0.507 e. The molecule has 0 aromatic carbocycles. The first-order chi connectivity index (χ1) is 39.8. The van der Waals surface area contributed by atoms with Gasteiger partial charge in [0.05, 0.1) is 6.17 Å². The fraction of sp³-hybridized carbons (Fsp3) is 1.00. The van der Waals surface area contributed by atoms with E-state index in [1.165, 1.54) is 0 Å². The SMILES string of the molecule is CCN(CC)CCC[Si](OC)(OC)O[Si](CCCN(CC)CC)(OC)OC.CCN(CC)CCC[Si](OC)(OC)O[Si](CN(CC)CC)(OC)OC.CCO[Si](CCCN(CC)CC)(OCC)O[Si](CCCN(CC)CC)(OCC)OCC. The number of hydrogen-bond acceptors (Lipinski definition) is 21. The highest BCUT2D eigenvalue weighted by molar-refractivity contribution is 6.76. The quantitative estimate of drug-likeness (QED) is 0.0530. The molecule has 0 atom stereocenters. The second-order valence-corrected chi connectivity index (χ2v) is 37.8. The van der Waals surface area contributed by atoms with Crippen molar-refractivity contribution in [3.63, 3.8) is 0 Å². The Labute approximate surface area is 519 Å². The molecule has 21 nitrogen and oxygen atoms in total. The van der Waals surface area contributed by atoms with Crippen molar-refractivity contribution in [1.29, 1.82) is 0 Å². The normalized spacial score (nSPS) is 13.1. The van der Waals surface area contributed by atoms with E-state index >= 15 is 0 Å². The molecule has 0 aromatic rings. The summed E-state index contributed by atoms with van der Waals surface area (Å²) in [5.74, 6) is 0. The van der Waals surface area contributed by atoms with Gasteiger partial charge in [0.2, 0.25) is 0 Å². The maximum absolute atomic E-state index is 6.84. The van der Waals surface area contributed by atoms with Gasteiger partial charge in [-0.3, -0.25) is 4.90 Å². The van der Waals surface area contributed by atoms with Crippen molar-refractivity contribution in [3.8, 4) is 0 Å². The molecule has 0 aromatic heterocycles. The lowest BCUT2D eigenvalue weighted by Gasteiger charge is -2.38. The van der Waals surface area contributed by atoms with Gasteiger partial charge >= 0.3 is 52.8 Å². The molecular formula is C56H136N6O15Si6. The van der Waals surface area contributed by atoms with Gasteiger partial charge < -0.3 is 90.0 Å². The molecule has 0 aliphatic heterocycles. The third kappa shape index (κ3) is 35.6. The van der Waals surface area contributed by atoms with Crippen LogP contribution in [0.2, 0.25) is 30.2 Å². The Balaban J connectivity index is -0.00000116. The van der Waals surface area contributed by atoms with E-state index < -0.39 is 52.8 Å². The van der Waals surface area contributed by atoms with Crippen LogP contribution >= 0.6 is 0 Å². The lowest BCUT2D eigenvalue weighted by atomic mass is 10.4. The first-order valence-electron chi connectivity index (χ1n) is 32.2. The molecule has 0 heterocycles. The monoisotopic (exact) mass is 1300 g/mol. The fourth-order valence-corrected chi connectivity index (χ4v) is 30.0. The molecule has 27 heteroatoms. The van der Waals surface area contributed by atoms with Gasteiger partial charge in [-0.25, -0.2) is 0 Å². The average Bonchev–Trinajstić information content (AvgIpc) is 3.60. The van der Waals surface area contributed by atoms with Crippen LogP contribution < -0.4 is 0 Å². The van der Waals surface area contributed by atoms with Crippen LogP contribution in [0.1, 0.15) is 143 Å². The summed E-state index contributed by atoms with van der Waals surface area (Å²) in [6.45, 7) is 53.8. The Hall–Kier alpha value is 0.461. The van der Waals surface area contributed by atoms with Crippen LogP contribution in [-0.2, 0) is 65.5 Å². The summed E-state index contributed by atoms with van der Waals surface area (Å²) >= 11 is 0. The van der Waals surface area contributed by atoms with Gasteiger partial charge in [-0.15, -0.1) is 0 Å². The zero-order valence-corrected chi connectivity index (χ0v) is 64.4. The van der Waals surface area contributed by atoms with Gasteiger partial charge in [0.15, 0.2) is 0 Å². The third-order valence-corrected chi connectivity index (χ3v) is 36.5. The zero-order valence-electron chi connectivity index (χ0n) is 58.4. The van der Waals surface area contributed by atoms with Crippen LogP contribution in [0.15, 0.2) is 0 Å². The molecule has 0 aliphatic carbocycles. The van der Waals surface area contributed by atoms with E-state index in [2.05, 4.69) is 112 Å². The molecule has 504 valence electrons. The standard InChI is InChI=1S/C22H52N2O5Si2.C18H44N2O5Si2.C16H40N2O5Si2/c1-9-23(10-2)19-17-21-30(25-13-5,26-14-6)29-31(27-15-7,28-16-8)22-18-20-24(11-3)12-4;1-9-19(10-2)15-13-17-26(21-5,22-6)25-27(23-7,24-8)18-14-16-20(11-3)12-4;1-9-17(10-2)14-13-15-24(19-5,20-6)23-25(21-7,22-8)16-18(11-3)12-4/h9-22H2,1-8H3;9-18H2,1-8H3;9-16H2,1-8H3. The van der Waals surface area contributed by atoms with Crippen LogP contribution in [0.25, 0.3) is 0 Å². The fourth-order valence-electron chi connectivity index (χ4n) is 9.79. The first kappa shape index (κ1) is 87.7. The Kier molecular flexibility index (Phi) is 56.1. The van der Waals surface area contributed by atoms with E-state index in [4.69, 9.17) is 65.5 Å². The molecular weight excluding hydrogens is 1170 g/mol. The van der Waals surface area contributed by atoms with Crippen molar-refractivity contribution < 1.29 is 65.5 Å². The second kappa shape index (κ2) is 53.2. The topological polar surface area (TPSA) is 158 Å². The molecule has 0 spiro atoms. The van der Waals surface area contributed by atoms with E-state index in [-0.39, 0.29) is 0 Å². The number of hydrogen-bond donors (Lipinski definition) is 0. The molecule has 0 aliphatic rings. The van der Waals surface area contributed by atoms with Crippen molar-refractivity contribution in [2.45, 2.75) is 173 Å². The molecule has 0 fully saturated rings. The van der Waals surface area contributed by atoms with Crippen LogP contribution in [-0.4, -0.2) is 283 Å². The molecule has 0 radical (unpaired) electrons. The molecule has 83 heavy (non-hydrogen) atoms. The van der Waals surface area contributed by atoms with Crippen molar-refractivity contribution in [2.24, 2.45) is 0 Å². The molecule has 0 bridgehead atoms. The van der Waals surface area contributed by atoms with Crippen LogP contribution in [0.3, 0.4) is 0 Å². The minimum absolute atomic E-state index is 0.569. The van der Waals surface area contributed by atoms with Crippen LogP contribution in [0, 0.1) is 0 Å². The molecule has 0 saturated heterocycles. The number of nitrogens with zero attached hydrogens (tertiary/aromatic N) is 6. The van der Waals surface area contributed by atoms with Gasteiger partial charge in [-0.2, -0.15) is 0 Å². The van der Waals surface area contributed by atoms with E-state index in [0.29, 0.717) is 32.6 Å². The van der Waals surface area contributed by atoms with E-state index in [1.54, 1.807) is 56.9 Å². The average molecular weight is 1300 g/mol. The van der Waals surface area contributed by atoms with Gasteiger partial charge in [-0.05, 0) is 171 Å². The van der Waals surface area contributed by atoms with Crippen molar-refractivity contribution >= 4 is 52.8 Å². The Morgan fingerprint density at radius 2 is 0.386 bits per heavy atom. The summed E-state index contributed by atoms with van der Waals surface area (Å²) in [5.41, 5.74) is 0. The van der Waals surface area contributed by atoms with Gasteiger partial charge in [-0.1, -0.05) is 83.1 Å². The van der Waals surface area contributed by atoms with Crippen LogP contribution in [0.4, 0.5) is 0 Å². The summed E-state index contributed by atoms with van der Waals surface area (Å²) in [7, 11) is -3.93. The van der Waals surface area contributed by atoms with E-state index in [0.717, 1.165) is 174 Å². The second-order valence-electron chi connectivity index (χ2n) is 19.9. The predicted octanol–water partition coefficient (Wildman–Crippen LogP) is 9.50. The third-order valence-electron chi connectivity index (χ3n) is 15.4. The van der Waals surface area contributed by atoms with Crippen LogP contribution in [0.5, 0.6) is 0 Å². The minimum Gasteiger partial charge on any atom is -0.377 e. The maximum atomic E-state index is 6.84. The van der Waals surface area contributed by atoms with E-state index in [1.807, 2.05) is 27.7 Å².